The van der Waals surface area contributed by atoms with Gasteiger partial charge in [-0.3, -0.25) is 0 Å². The van der Waals surface area contributed by atoms with Crippen molar-refractivity contribution in [3.63, 3.8) is 0 Å². The van der Waals surface area contributed by atoms with Gasteiger partial charge in [-0.05, 0) is 60.9 Å². The number of halogens is 1. The maximum Gasteiger partial charge on any atom is 0.127 e. The molecule has 1 aromatic heterocycles. The summed E-state index contributed by atoms with van der Waals surface area (Å²) in [4.78, 5) is 5.29. The van der Waals surface area contributed by atoms with Gasteiger partial charge in [0.25, 0.3) is 0 Å². The van der Waals surface area contributed by atoms with Gasteiger partial charge in [0.15, 0.2) is 0 Å². The van der Waals surface area contributed by atoms with Gasteiger partial charge < -0.3 is 15.2 Å². The smallest absolute Gasteiger partial charge is 0.127 e. The van der Waals surface area contributed by atoms with Crippen molar-refractivity contribution in [3.05, 3.63) is 60.0 Å². The largest absolute Gasteiger partial charge is 0.361 e. The minimum Gasteiger partial charge on any atom is -0.361 e. The molecule has 0 unspecified atom stereocenters. The summed E-state index contributed by atoms with van der Waals surface area (Å²) in [6, 6.07) is 13.6. The van der Waals surface area contributed by atoms with Crippen molar-refractivity contribution >= 4 is 10.9 Å². The van der Waals surface area contributed by atoms with E-state index in [1.807, 2.05) is 38.5 Å². The maximum absolute atomic E-state index is 14.0. The Bertz CT molecular complexity index is 792. The minimum atomic E-state index is -0.158. The quantitative estimate of drug-likeness (QED) is 0.681. The first kappa shape index (κ1) is 15.7. The van der Waals surface area contributed by atoms with Crippen LogP contribution in [0.3, 0.4) is 0 Å². The molecular weight excluding hydrogens is 289 g/mol. The lowest BCUT2D eigenvalue weighted by Gasteiger charge is -2.12. The van der Waals surface area contributed by atoms with Gasteiger partial charge in [-0.2, -0.15) is 0 Å². The van der Waals surface area contributed by atoms with Crippen LogP contribution >= 0.6 is 0 Å². The molecular formula is C19H22FN3. The van der Waals surface area contributed by atoms with Crippen LogP contribution in [0.25, 0.3) is 22.0 Å². The van der Waals surface area contributed by atoms with Crippen LogP contribution in [0, 0.1) is 5.82 Å². The molecule has 0 fully saturated rings. The van der Waals surface area contributed by atoms with E-state index in [0.717, 1.165) is 35.1 Å². The van der Waals surface area contributed by atoms with Gasteiger partial charge in [0.2, 0.25) is 0 Å². The van der Waals surface area contributed by atoms with Gasteiger partial charge in [-0.15, -0.1) is 0 Å². The highest BCUT2D eigenvalue weighted by molar-refractivity contribution is 5.85. The highest BCUT2D eigenvalue weighted by Gasteiger charge is 2.06. The molecule has 2 N–H and O–H groups in total. The van der Waals surface area contributed by atoms with E-state index in [1.165, 1.54) is 0 Å². The van der Waals surface area contributed by atoms with Crippen LogP contribution in [-0.2, 0) is 6.54 Å². The summed E-state index contributed by atoms with van der Waals surface area (Å²) >= 11 is 0. The topological polar surface area (TPSA) is 31.1 Å². The van der Waals surface area contributed by atoms with Gasteiger partial charge in [0.1, 0.15) is 5.82 Å². The lowest BCUT2D eigenvalue weighted by molar-refractivity contribution is 0.399. The first-order valence-corrected chi connectivity index (χ1v) is 7.85. The molecule has 4 heteroatoms. The van der Waals surface area contributed by atoms with Crippen molar-refractivity contribution in [1.82, 2.24) is 15.2 Å². The van der Waals surface area contributed by atoms with E-state index in [4.69, 9.17) is 0 Å². The van der Waals surface area contributed by atoms with Crippen LogP contribution in [0.1, 0.15) is 5.56 Å². The Morgan fingerprint density at radius 3 is 2.65 bits per heavy atom. The van der Waals surface area contributed by atoms with Gasteiger partial charge in [0.05, 0.1) is 0 Å². The molecule has 23 heavy (non-hydrogen) atoms. The Kier molecular flexibility index (Phi) is 4.74. The zero-order valence-corrected chi connectivity index (χ0v) is 13.6. The predicted octanol–water partition coefficient (Wildman–Crippen LogP) is 3.63. The molecule has 120 valence electrons. The van der Waals surface area contributed by atoms with Crippen LogP contribution in [-0.4, -0.2) is 37.1 Å². The molecule has 3 aromatic rings. The van der Waals surface area contributed by atoms with Gasteiger partial charge >= 0.3 is 0 Å². The van der Waals surface area contributed by atoms with E-state index in [-0.39, 0.29) is 5.82 Å². The average molecular weight is 311 g/mol. The molecule has 0 bridgehead atoms. The third kappa shape index (κ3) is 3.78. The third-order valence-electron chi connectivity index (χ3n) is 3.98. The molecule has 1 heterocycles. The zero-order chi connectivity index (χ0) is 16.2. The first-order chi connectivity index (χ1) is 11.1. The standard InChI is InChI=1S/C19H22FN3/c1-23(2)10-9-21-13-17-12-14(3-5-18(17)20)15-4-6-19-16(11-15)7-8-22-19/h3-8,11-12,21-22H,9-10,13H2,1-2H3. The second-order valence-electron chi connectivity index (χ2n) is 6.07. The molecule has 0 saturated carbocycles. The Morgan fingerprint density at radius 2 is 1.83 bits per heavy atom. The maximum atomic E-state index is 14.0. The highest BCUT2D eigenvalue weighted by Crippen LogP contribution is 2.25. The van der Waals surface area contributed by atoms with E-state index in [1.54, 1.807) is 6.07 Å². The first-order valence-electron chi connectivity index (χ1n) is 7.85. The fourth-order valence-electron chi connectivity index (χ4n) is 2.65. The molecule has 0 spiro atoms. The average Bonchev–Trinajstić information content (AvgIpc) is 3.00. The van der Waals surface area contributed by atoms with Gasteiger partial charge in [-0.1, -0.05) is 12.1 Å². The molecule has 0 amide bonds. The number of benzene rings is 2. The van der Waals surface area contributed by atoms with Crippen molar-refractivity contribution in [2.45, 2.75) is 6.54 Å². The van der Waals surface area contributed by atoms with Crippen molar-refractivity contribution in [1.29, 1.82) is 0 Å². The molecule has 0 saturated heterocycles. The van der Waals surface area contributed by atoms with E-state index in [0.29, 0.717) is 12.1 Å². The molecule has 3 nitrogen and oxygen atoms in total. The Morgan fingerprint density at radius 1 is 1.04 bits per heavy atom. The van der Waals surface area contributed by atoms with Crippen molar-refractivity contribution in [3.8, 4) is 11.1 Å². The summed E-state index contributed by atoms with van der Waals surface area (Å²) in [5.74, 6) is -0.158. The van der Waals surface area contributed by atoms with Gasteiger partial charge in [0, 0.05) is 36.9 Å². The molecule has 3 rings (SSSR count). The highest BCUT2D eigenvalue weighted by atomic mass is 19.1. The molecule has 2 aromatic carbocycles. The molecule has 0 atom stereocenters. The fourth-order valence-corrected chi connectivity index (χ4v) is 2.65. The fraction of sp³-hybridized carbons (Fsp3) is 0.263. The van der Waals surface area contributed by atoms with Gasteiger partial charge in [-0.25, -0.2) is 4.39 Å². The number of nitrogens with zero attached hydrogens (tertiary/aromatic N) is 1. The van der Waals surface area contributed by atoms with Crippen LogP contribution in [0.4, 0.5) is 4.39 Å². The second-order valence-corrected chi connectivity index (χ2v) is 6.07. The van der Waals surface area contributed by atoms with Crippen molar-refractivity contribution < 1.29 is 4.39 Å². The minimum absolute atomic E-state index is 0.158. The van der Waals surface area contributed by atoms with Crippen molar-refractivity contribution in [2.24, 2.45) is 0 Å². The van der Waals surface area contributed by atoms with E-state index < -0.39 is 0 Å². The van der Waals surface area contributed by atoms with Crippen LogP contribution in [0.15, 0.2) is 48.7 Å². The number of aromatic amines is 1. The van der Waals surface area contributed by atoms with Crippen LogP contribution < -0.4 is 5.32 Å². The van der Waals surface area contributed by atoms with Crippen molar-refractivity contribution in [2.75, 3.05) is 27.2 Å². The van der Waals surface area contributed by atoms with Crippen LogP contribution in [0.5, 0.6) is 0 Å². The number of fused-ring (bicyclic) bond motifs is 1. The number of likely N-dealkylation sites (N-methyl/N-ethyl adjacent to an activating group) is 1. The number of rotatable bonds is 6. The Balaban J connectivity index is 1.78. The second kappa shape index (κ2) is 6.94. The molecule has 0 aliphatic heterocycles. The van der Waals surface area contributed by atoms with E-state index >= 15 is 0 Å². The lowest BCUT2D eigenvalue weighted by atomic mass is 10.0. The molecule has 0 aliphatic rings. The van der Waals surface area contributed by atoms with E-state index in [2.05, 4.69) is 33.4 Å². The normalized spacial score (nSPS) is 11.5. The summed E-state index contributed by atoms with van der Waals surface area (Å²) in [7, 11) is 4.06. The Hall–Kier alpha value is -2.17. The Labute approximate surface area is 136 Å². The summed E-state index contributed by atoms with van der Waals surface area (Å²) in [5.41, 5.74) is 3.96. The number of hydrogen-bond donors (Lipinski definition) is 2. The summed E-state index contributed by atoms with van der Waals surface area (Å²) in [5, 5.41) is 4.46. The summed E-state index contributed by atoms with van der Waals surface area (Å²) < 4.78 is 14.0. The predicted molar refractivity (Wildman–Crippen MR) is 94.0 cm³/mol. The number of aromatic nitrogens is 1. The van der Waals surface area contributed by atoms with E-state index in [9.17, 15) is 4.39 Å². The summed E-state index contributed by atoms with van der Waals surface area (Å²) in [6.07, 6.45) is 1.93. The SMILES string of the molecule is CN(C)CCNCc1cc(-c2ccc3[nH]ccc3c2)ccc1F. The zero-order valence-electron chi connectivity index (χ0n) is 13.6. The molecule has 0 aliphatic carbocycles. The molecule has 0 radical (unpaired) electrons. The lowest BCUT2D eigenvalue weighted by Crippen LogP contribution is -2.26. The number of hydrogen-bond acceptors (Lipinski definition) is 2. The van der Waals surface area contributed by atoms with Crippen LogP contribution in [0.2, 0.25) is 0 Å². The monoisotopic (exact) mass is 311 g/mol. The number of H-pyrrole nitrogens is 1. The third-order valence-corrected chi connectivity index (χ3v) is 3.98. The summed E-state index contributed by atoms with van der Waals surface area (Å²) in [6.45, 7) is 2.32. The number of nitrogens with one attached hydrogen (secondary N) is 2.